The summed E-state index contributed by atoms with van der Waals surface area (Å²) < 4.78 is 0. The average molecular weight is 252 g/mol. The molecular formula is C19H24. The summed E-state index contributed by atoms with van der Waals surface area (Å²) >= 11 is 0. The fourth-order valence-corrected chi connectivity index (χ4v) is 3.57. The molecule has 0 aromatic heterocycles. The molecule has 0 nitrogen and oxygen atoms in total. The second-order valence-electron chi connectivity index (χ2n) is 6.40. The normalized spacial score (nSPS) is 26.8. The smallest absolute Gasteiger partial charge is 0.00853 e. The summed E-state index contributed by atoms with van der Waals surface area (Å²) in [5.74, 6) is 1.84. The summed E-state index contributed by atoms with van der Waals surface area (Å²) in [5.41, 5.74) is 5.61. The molecule has 0 heteroatoms. The molecule has 2 aliphatic carbocycles. The van der Waals surface area contributed by atoms with Crippen LogP contribution in [0.4, 0.5) is 0 Å². The molecule has 0 radical (unpaired) electrons. The van der Waals surface area contributed by atoms with Crippen molar-refractivity contribution in [2.24, 2.45) is 11.8 Å². The van der Waals surface area contributed by atoms with Crippen LogP contribution in [0.2, 0.25) is 0 Å². The highest BCUT2D eigenvalue weighted by Crippen LogP contribution is 2.38. The SMILES string of the molecule is C=C1C(CC2CCC(C)CC2)=CCc2ccccc21. The standard InChI is InChI=1S/C19H24/c1-14-7-9-16(10-8-14)13-18-12-11-17-5-3-4-6-19(17)15(18)2/h3-6,12,14,16H,2,7-11,13H2,1H3. The Kier molecular flexibility index (Phi) is 3.59. The lowest BCUT2D eigenvalue weighted by Crippen LogP contribution is -2.14. The number of rotatable bonds is 2. The van der Waals surface area contributed by atoms with Gasteiger partial charge in [-0.2, -0.15) is 0 Å². The summed E-state index contributed by atoms with van der Waals surface area (Å²) in [7, 11) is 0. The Bertz CT molecular complexity index is 499. The van der Waals surface area contributed by atoms with Crippen LogP contribution in [-0.2, 0) is 6.42 Å². The number of hydrogen-bond acceptors (Lipinski definition) is 0. The van der Waals surface area contributed by atoms with Gasteiger partial charge in [0.1, 0.15) is 0 Å². The second-order valence-corrected chi connectivity index (χ2v) is 6.40. The maximum absolute atomic E-state index is 4.35. The molecule has 0 bridgehead atoms. The van der Waals surface area contributed by atoms with Crippen LogP contribution < -0.4 is 0 Å². The third kappa shape index (κ3) is 2.68. The van der Waals surface area contributed by atoms with Crippen molar-refractivity contribution in [1.82, 2.24) is 0 Å². The van der Waals surface area contributed by atoms with Crippen LogP contribution in [0, 0.1) is 11.8 Å². The molecule has 0 amide bonds. The van der Waals surface area contributed by atoms with Gasteiger partial charge in [-0.05, 0) is 59.8 Å². The second kappa shape index (κ2) is 5.36. The Morgan fingerprint density at radius 1 is 1.11 bits per heavy atom. The maximum atomic E-state index is 4.35. The Morgan fingerprint density at radius 2 is 1.84 bits per heavy atom. The summed E-state index contributed by atoms with van der Waals surface area (Å²) in [5, 5.41) is 0. The molecule has 0 spiro atoms. The van der Waals surface area contributed by atoms with Gasteiger partial charge in [-0.25, -0.2) is 0 Å². The zero-order valence-corrected chi connectivity index (χ0v) is 12.0. The van der Waals surface area contributed by atoms with Gasteiger partial charge in [0.2, 0.25) is 0 Å². The highest BCUT2D eigenvalue weighted by Gasteiger charge is 2.22. The first-order chi connectivity index (χ1) is 9.24. The third-order valence-corrected chi connectivity index (χ3v) is 4.94. The molecule has 1 aromatic rings. The summed E-state index contributed by atoms with van der Waals surface area (Å²) in [6.07, 6.45) is 10.4. The van der Waals surface area contributed by atoms with Crippen LogP contribution in [0.15, 0.2) is 42.5 Å². The van der Waals surface area contributed by atoms with Crippen LogP contribution >= 0.6 is 0 Å². The van der Waals surface area contributed by atoms with E-state index in [2.05, 4.69) is 43.8 Å². The summed E-state index contributed by atoms with van der Waals surface area (Å²) in [4.78, 5) is 0. The van der Waals surface area contributed by atoms with Crippen LogP contribution in [0.5, 0.6) is 0 Å². The van der Waals surface area contributed by atoms with E-state index in [1.54, 1.807) is 0 Å². The van der Waals surface area contributed by atoms with Gasteiger partial charge in [-0.3, -0.25) is 0 Å². The molecule has 2 aliphatic rings. The van der Waals surface area contributed by atoms with Gasteiger partial charge in [-0.15, -0.1) is 0 Å². The first-order valence-electron chi connectivity index (χ1n) is 7.70. The topological polar surface area (TPSA) is 0 Å². The third-order valence-electron chi connectivity index (χ3n) is 4.94. The largest absolute Gasteiger partial charge is 0.0909 e. The fourth-order valence-electron chi connectivity index (χ4n) is 3.57. The lowest BCUT2D eigenvalue weighted by molar-refractivity contribution is 0.290. The lowest BCUT2D eigenvalue weighted by Gasteiger charge is -2.29. The van der Waals surface area contributed by atoms with Gasteiger partial charge < -0.3 is 0 Å². The van der Waals surface area contributed by atoms with Crippen molar-refractivity contribution < 1.29 is 0 Å². The minimum atomic E-state index is 0.893. The van der Waals surface area contributed by atoms with Crippen LogP contribution in [0.1, 0.15) is 50.2 Å². The molecule has 1 aromatic carbocycles. The monoisotopic (exact) mass is 252 g/mol. The Hall–Kier alpha value is -1.30. The van der Waals surface area contributed by atoms with Crippen LogP contribution in [0.25, 0.3) is 5.57 Å². The predicted octanol–water partition coefficient (Wildman–Crippen LogP) is 5.40. The number of allylic oxidation sites excluding steroid dienone is 3. The van der Waals surface area contributed by atoms with Gasteiger partial charge in [-0.1, -0.05) is 56.7 Å². The Morgan fingerprint density at radius 3 is 2.63 bits per heavy atom. The van der Waals surface area contributed by atoms with E-state index >= 15 is 0 Å². The van der Waals surface area contributed by atoms with Crippen LogP contribution in [0.3, 0.4) is 0 Å². The molecule has 1 saturated carbocycles. The highest BCUT2D eigenvalue weighted by atomic mass is 14.3. The summed E-state index contributed by atoms with van der Waals surface area (Å²) in [6.45, 7) is 6.74. The molecule has 0 saturated heterocycles. The highest BCUT2D eigenvalue weighted by molar-refractivity contribution is 5.81. The Balaban J connectivity index is 1.70. The number of fused-ring (bicyclic) bond motifs is 1. The van der Waals surface area contributed by atoms with E-state index < -0.39 is 0 Å². The van der Waals surface area contributed by atoms with Crippen molar-refractivity contribution in [3.05, 3.63) is 53.6 Å². The Labute approximate surface area is 117 Å². The molecule has 0 unspecified atom stereocenters. The molecule has 0 heterocycles. The fraction of sp³-hybridized carbons (Fsp3) is 0.474. The van der Waals surface area contributed by atoms with Crippen molar-refractivity contribution in [3.63, 3.8) is 0 Å². The minimum absolute atomic E-state index is 0.893. The first-order valence-corrected chi connectivity index (χ1v) is 7.70. The van der Waals surface area contributed by atoms with E-state index in [1.165, 1.54) is 54.4 Å². The van der Waals surface area contributed by atoms with E-state index in [-0.39, 0.29) is 0 Å². The molecule has 0 N–H and O–H groups in total. The minimum Gasteiger partial charge on any atom is -0.0909 e. The predicted molar refractivity (Wildman–Crippen MR) is 83.0 cm³/mol. The number of hydrogen-bond donors (Lipinski definition) is 0. The maximum Gasteiger partial charge on any atom is -0.00853 e. The van der Waals surface area contributed by atoms with E-state index in [0.717, 1.165) is 18.3 Å². The van der Waals surface area contributed by atoms with Crippen molar-refractivity contribution in [3.8, 4) is 0 Å². The molecule has 1 fully saturated rings. The van der Waals surface area contributed by atoms with Crippen molar-refractivity contribution in [2.45, 2.75) is 45.4 Å². The molecule has 0 atom stereocenters. The van der Waals surface area contributed by atoms with Gasteiger partial charge in [0.15, 0.2) is 0 Å². The van der Waals surface area contributed by atoms with Gasteiger partial charge in [0.05, 0.1) is 0 Å². The van der Waals surface area contributed by atoms with E-state index in [4.69, 9.17) is 0 Å². The van der Waals surface area contributed by atoms with E-state index in [1.807, 2.05) is 0 Å². The van der Waals surface area contributed by atoms with Crippen LogP contribution in [-0.4, -0.2) is 0 Å². The zero-order valence-electron chi connectivity index (χ0n) is 12.0. The molecule has 0 aliphatic heterocycles. The lowest BCUT2D eigenvalue weighted by atomic mass is 9.77. The molecular weight excluding hydrogens is 228 g/mol. The van der Waals surface area contributed by atoms with Crippen molar-refractivity contribution >= 4 is 5.57 Å². The average Bonchev–Trinajstić information content (AvgIpc) is 2.45. The molecule has 3 rings (SSSR count). The molecule has 19 heavy (non-hydrogen) atoms. The van der Waals surface area contributed by atoms with Crippen molar-refractivity contribution in [2.75, 3.05) is 0 Å². The zero-order chi connectivity index (χ0) is 13.2. The molecule has 100 valence electrons. The summed E-state index contributed by atoms with van der Waals surface area (Å²) in [6, 6.07) is 8.73. The number of benzene rings is 1. The van der Waals surface area contributed by atoms with E-state index in [9.17, 15) is 0 Å². The van der Waals surface area contributed by atoms with Gasteiger partial charge in [0, 0.05) is 0 Å². The first kappa shape index (κ1) is 12.7. The van der Waals surface area contributed by atoms with Gasteiger partial charge in [0.25, 0.3) is 0 Å². The van der Waals surface area contributed by atoms with Gasteiger partial charge >= 0.3 is 0 Å². The van der Waals surface area contributed by atoms with E-state index in [0.29, 0.717) is 0 Å². The van der Waals surface area contributed by atoms with Crippen molar-refractivity contribution in [1.29, 1.82) is 0 Å². The quantitative estimate of drug-likeness (QED) is 0.661.